The number of benzene rings is 1. The smallest absolute Gasteiger partial charge is 0.224 e. The molecule has 1 aromatic rings. The van der Waals surface area contributed by atoms with E-state index in [0.717, 1.165) is 5.75 Å². The zero-order valence-electron chi connectivity index (χ0n) is 9.62. The summed E-state index contributed by atoms with van der Waals surface area (Å²) in [7, 11) is 0. The van der Waals surface area contributed by atoms with Crippen LogP contribution < -0.4 is 5.32 Å². The lowest BCUT2D eigenvalue weighted by Gasteiger charge is -2.20. The maximum atomic E-state index is 11.9. The van der Waals surface area contributed by atoms with Gasteiger partial charge in [-0.15, -0.1) is 0 Å². The fourth-order valence-electron chi connectivity index (χ4n) is 1.99. The van der Waals surface area contributed by atoms with E-state index >= 15 is 0 Å². The van der Waals surface area contributed by atoms with Crippen molar-refractivity contribution in [3.63, 3.8) is 0 Å². The Morgan fingerprint density at radius 2 is 2.29 bits per heavy atom. The number of rotatable bonds is 3. The predicted octanol–water partition coefficient (Wildman–Crippen LogP) is 3.81. The van der Waals surface area contributed by atoms with Crippen molar-refractivity contribution in [2.75, 3.05) is 16.8 Å². The van der Waals surface area contributed by atoms with Crippen molar-refractivity contribution in [1.82, 2.24) is 0 Å². The largest absolute Gasteiger partial charge is 0.325 e. The second kappa shape index (κ2) is 6.31. The lowest BCUT2D eigenvalue weighted by Crippen LogP contribution is -2.20. The van der Waals surface area contributed by atoms with Gasteiger partial charge in [-0.25, -0.2) is 0 Å². The third-order valence-corrected chi connectivity index (χ3v) is 4.49. The highest BCUT2D eigenvalue weighted by atomic mass is 35.5. The standard InChI is InChI=1S/C13H16ClNOS/c14-11-5-1-2-6-12(11)15-13(16)8-10-4-3-7-17-9-10/h1-2,5-6,10H,3-4,7-9H2,(H,15,16). The Balaban J connectivity index is 1.86. The minimum absolute atomic E-state index is 0.0746. The van der Waals surface area contributed by atoms with E-state index in [4.69, 9.17) is 11.6 Å². The molecule has 0 radical (unpaired) electrons. The van der Waals surface area contributed by atoms with Gasteiger partial charge in [-0.3, -0.25) is 4.79 Å². The van der Waals surface area contributed by atoms with Crippen LogP contribution in [-0.4, -0.2) is 17.4 Å². The van der Waals surface area contributed by atoms with Crippen LogP contribution in [0.5, 0.6) is 0 Å². The molecule has 1 fully saturated rings. The molecule has 0 saturated carbocycles. The van der Waals surface area contributed by atoms with Crippen LogP contribution in [0.1, 0.15) is 19.3 Å². The highest BCUT2D eigenvalue weighted by molar-refractivity contribution is 7.99. The minimum atomic E-state index is 0.0746. The van der Waals surface area contributed by atoms with Crippen LogP contribution >= 0.6 is 23.4 Å². The number of halogens is 1. The molecular formula is C13H16ClNOS. The fraction of sp³-hybridized carbons (Fsp3) is 0.462. The van der Waals surface area contributed by atoms with Crippen molar-refractivity contribution in [1.29, 1.82) is 0 Å². The van der Waals surface area contributed by atoms with Crippen molar-refractivity contribution >= 4 is 35.0 Å². The molecule has 1 N–H and O–H groups in total. The van der Waals surface area contributed by atoms with Gasteiger partial charge in [0.05, 0.1) is 10.7 Å². The summed E-state index contributed by atoms with van der Waals surface area (Å²) in [5.41, 5.74) is 0.711. The molecule has 17 heavy (non-hydrogen) atoms. The second-order valence-electron chi connectivity index (χ2n) is 4.32. The normalized spacial score (nSPS) is 19.9. The topological polar surface area (TPSA) is 29.1 Å². The molecule has 1 heterocycles. The molecule has 1 aliphatic heterocycles. The number of hydrogen-bond donors (Lipinski definition) is 1. The van der Waals surface area contributed by atoms with Crippen LogP contribution in [-0.2, 0) is 4.79 Å². The minimum Gasteiger partial charge on any atom is -0.325 e. The predicted molar refractivity (Wildman–Crippen MR) is 74.7 cm³/mol. The average molecular weight is 270 g/mol. The zero-order valence-corrected chi connectivity index (χ0v) is 11.2. The van der Waals surface area contributed by atoms with E-state index in [1.807, 2.05) is 30.0 Å². The maximum Gasteiger partial charge on any atom is 0.224 e. The number of carbonyl (C=O) groups excluding carboxylic acids is 1. The number of para-hydroxylation sites is 1. The van der Waals surface area contributed by atoms with Gasteiger partial charge >= 0.3 is 0 Å². The summed E-state index contributed by atoms with van der Waals surface area (Å²) >= 11 is 7.94. The Bertz CT molecular complexity index is 391. The highest BCUT2D eigenvalue weighted by Gasteiger charge is 2.17. The molecule has 92 valence electrons. The number of amides is 1. The molecule has 0 aromatic heterocycles. The van der Waals surface area contributed by atoms with Crippen LogP contribution in [0.3, 0.4) is 0 Å². The SMILES string of the molecule is O=C(CC1CCCSC1)Nc1ccccc1Cl. The van der Waals surface area contributed by atoms with Gasteiger partial charge in [0.2, 0.25) is 5.91 Å². The summed E-state index contributed by atoms with van der Waals surface area (Å²) in [5, 5.41) is 3.47. The lowest BCUT2D eigenvalue weighted by atomic mass is 10.0. The molecule has 2 nitrogen and oxygen atoms in total. The molecule has 1 unspecified atom stereocenters. The lowest BCUT2D eigenvalue weighted by molar-refractivity contribution is -0.117. The van der Waals surface area contributed by atoms with Crippen molar-refractivity contribution in [2.45, 2.75) is 19.3 Å². The first-order valence-corrected chi connectivity index (χ1v) is 7.41. The van der Waals surface area contributed by atoms with Crippen LogP contribution in [0.25, 0.3) is 0 Å². The second-order valence-corrected chi connectivity index (χ2v) is 5.87. The van der Waals surface area contributed by atoms with Gasteiger partial charge in [0.1, 0.15) is 0 Å². The van der Waals surface area contributed by atoms with Crippen LogP contribution in [0.2, 0.25) is 5.02 Å². The van der Waals surface area contributed by atoms with E-state index in [1.54, 1.807) is 6.07 Å². The number of thioether (sulfide) groups is 1. The molecule has 0 aliphatic carbocycles. The third-order valence-electron chi connectivity index (χ3n) is 2.88. The molecule has 1 aromatic carbocycles. The Kier molecular flexibility index (Phi) is 4.75. The van der Waals surface area contributed by atoms with E-state index in [0.29, 0.717) is 23.0 Å². The van der Waals surface area contributed by atoms with Gasteiger partial charge < -0.3 is 5.32 Å². The van der Waals surface area contributed by atoms with E-state index in [-0.39, 0.29) is 5.91 Å². The van der Waals surface area contributed by atoms with Crippen molar-refractivity contribution < 1.29 is 4.79 Å². The first-order chi connectivity index (χ1) is 8.25. The van der Waals surface area contributed by atoms with Crippen LogP contribution in [0, 0.1) is 5.92 Å². The molecule has 1 atom stereocenters. The zero-order chi connectivity index (χ0) is 12.1. The molecule has 0 bridgehead atoms. The van der Waals surface area contributed by atoms with Gasteiger partial charge in [-0.05, 0) is 42.4 Å². The monoisotopic (exact) mass is 269 g/mol. The molecule has 4 heteroatoms. The van der Waals surface area contributed by atoms with Gasteiger partial charge in [0.15, 0.2) is 0 Å². The maximum absolute atomic E-state index is 11.9. The molecule has 1 amide bonds. The van der Waals surface area contributed by atoms with Gasteiger partial charge in [0, 0.05) is 6.42 Å². The summed E-state index contributed by atoms with van der Waals surface area (Å²) in [6.45, 7) is 0. The van der Waals surface area contributed by atoms with Crippen LogP contribution in [0.4, 0.5) is 5.69 Å². The Hall–Kier alpha value is -0.670. The fourth-order valence-corrected chi connectivity index (χ4v) is 3.33. The molecule has 1 saturated heterocycles. The van der Waals surface area contributed by atoms with Gasteiger partial charge in [-0.2, -0.15) is 11.8 Å². The highest BCUT2D eigenvalue weighted by Crippen LogP contribution is 2.26. The summed E-state index contributed by atoms with van der Waals surface area (Å²) in [5.74, 6) is 2.94. The first kappa shape index (κ1) is 12.8. The van der Waals surface area contributed by atoms with E-state index in [1.165, 1.54) is 18.6 Å². The number of nitrogens with one attached hydrogen (secondary N) is 1. The number of carbonyl (C=O) groups is 1. The first-order valence-electron chi connectivity index (χ1n) is 5.88. The van der Waals surface area contributed by atoms with Crippen molar-refractivity contribution in [3.05, 3.63) is 29.3 Å². The average Bonchev–Trinajstić information content (AvgIpc) is 2.33. The molecular weight excluding hydrogens is 254 g/mol. The van der Waals surface area contributed by atoms with Gasteiger partial charge in [0.25, 0.3) is 0 Å². The van der Waals surface area contributed by atoms with Crippen LogP contribution in [0.15, 0.2) is 24.3 Å². The van der Waals surface area contributed by atoms with Crippen molar-refractivity contribution in [2.24, 2.45) is 5.92 Å². The van der Waals surface area contributed by atoms with E-state index in [9.17, 15) is 4.79 Å². The third kappa shape index (κ3) is 3.93. The number of hydrogen-bond acceptors (Lipinski definition) is 2. The molecule has 2 rings (SSSR count). The molecule has 0 spiro atoms. The van der Waals surface area contributed by atoms with E-state index < -0.39 is 0 Å². The van der Waals surface area contributed by atoms with Gasteiger partial charge in [-0.1, -0.05) is 23.7 Å². The quantitative estimate of drug-likeness (QED) is 0.904. The van der Waals surface area contributed by atoms with E-state index in [2.05, 4.69) is 5.32 Å². The Labute approximate surface area is 111 Å². The summed E-state index contributed by atoms with van der Waals surface area (Å²) in [6, 6.07) is 7.34. The Morgan fingerprint density at radius 3 is 3.00 bits per heavy atom. The summed E-state index contributed by atoms with van der Waals surface area (Å²) < 4.78 is 0. The summed E-state index contributed by atoms with van der Waals surface area (Å²) in [6.07, 6.45) is 3.01. The number of anilines is 1. The van der Waals surface area contributed by atoms with Crippen molar-refractivity contribution in [3.8, 4) is 0 Å². The Morgan fingerprint density at radius 1 is 1.47 bits per heavy atom. The molecule has 1 aliphatic rings. The summed E-state index contributed by atoms with van der Waals surface area (Å²) in [4.78, 5) is 11.9.